The van der Waals surface area contributed by atoms with E-state index in [-0.39, 0.29) is 0 Å². The lowest BCUT2D eigenvalue weighted by molar-refractivity contribution is 0.467. The SMILES string of the molecule is [CH2]c1cccc(Cc2ccccc2)c1O. The highest BCUT2D eigenvalue weighted by molar-refractivity contribution is 5.44. The minimum absolute atomic E-state index is 0.307. The normalized spacial score (nSPS) is 10.2. The molecule has 0 aliphatic heterocycles. The molecule has 2 rings (SSSR count). The summed E-state index contributed by atoms with van der Waals surface area (Å²) in [7, 11) is 0. The van der Waals surface area contributed by atoms with Crippen LogP contribution in [0.4, 0.5) is 0 Å². The Morgan fingerprint density at radius 3 is 2.40 bits per heavy atom. The summed E-state index contributed by atoms with van der Waals surface area (Å²) in [6, 6.07) is 15.7. The molecule has 0 unspecified atom stereocenters. The van der Waals surface area contributed by atoms with Crippen molar-refractivity contribution in [1.29, 1.82) is 0 Å². The van der Waals surface area contributed by atoms with E-state index in [2.05, 4.69) is 19.1 Å². The van der Waals surface area contributed by atoms with Crippen molar-refractivity contribution in [2.24, 2.45) is 0 Å². The largest absolute Gasteiger partial charge is 0.507 e. The summed E-state index contributed by atoms with van der Waals surface area (Å²) in [5.41, 5.74) is 2.80. The molecule has 0 fully saturated rings. The molecule has 1 radical (unpaired) electrons. The smallest absolute Gasteiger partial charge is 0.122 e. The van der Waals surface area contributed by atoms with Gasteiger partial charge in [0.2, 0.25) is 0 Å². The van der Waals surface area contributed by atoms with Crippen molar-refractivity contribution >= 4 is 0 Å². The lowest BCUT2D eigenvalue weighted by Crippen LogP contribution is -1.89. The molecule has 0 atom stereocenters. The van der Waals surface area contributed by atoms with Crippen molar-refractivity contribution in [2.45, 2.75) is 6.42 Å². The highest BCUT2D eigenvalue weighted by atomic mass is 16.3. The van der Waals surface area contributed by atoms with Crippen LogP contribution in [0.25, 0.3) is 0 Å². The maximum atomic E-state index is 9.80. The molecule has 1 nitrogen and oxygen atoms in total. The molecule has 2 aromatic carbocycles. The van der Waals surface area contributed by atoms with Gasteiger partial charge in [-0.05, 0) is 23.6 Å². The second kappa shape index (κ2) is 4.18. The van der Waals surface area contributed by atoms with Gasteiger partial charge in [-0.25, -0.2) is 0 Å². The van der Waals surface area contributed by atoms with Crippen molar-refractivity contribution in [1.82, 2.24) is 0 Å². The van der Waals surface area contributed by atoms with Crippen LogP contribution < -0.4 is 0 Å². The molecule has 0 aliphatic rings. The van der Waals surface area contributed by atoms with Crippen LogP contribution in [-0.2, 0) is 6.42 Å². The van der Waals surface area contributed by atoms with Gasteiger partial charge in [-0.15, -0.1) is 0 Å². The Morgan fingerprint density at radius 1 is 0.933 bits per heavy atom. The Morgan fingerprint density at radius 2 is 1.67 bits per heavy atom. The molecule has 0 heterocycles. The van der Waals surface area contributed by atoms with Crippen molar-refractivity contribution in [2.75, 3.05) is 0 Å². The molecule has 0 amide bonds. The zero-order chi connectivity index (χ0) is 10.7. The van der Waals surface area contributed by atoms with E-state index in [4.69, 9.17) is 0 Å². The Kier molecular flexibility index (Phi) is 2.72. The van der Waals surface area contributed by atoms with Crippen molar-refractivity contribution in [3.63, 3.8) is 0 Å². The first-order valence-electron chi connectivity index (χ1n) is 4.94. The van der Waals surface area contributed by atoms with Crippen LogP contribution in [-0.4, -0.2) is 5.11 Å². The minimum Gasteiger partial charge on any atom is -0.507 e. The quantitative estimate of drug-likeness (QED) is 0.784. The number of hydrogen-bond donors (Lipinski definition) is 1. The fourth-order valence-corrected chi connectivity index (χ4v) is 1.60. The predicted octanol–water partition coefficient (Wildman–Crippen LogP) is 3.17. The Hall–Kier alpha value is -1.76. The summed E-state index contributed by atoms with van der Waals surface area (Å²) in [5.74, 6) is 0.307. The molecule has 0 aliphatic carbocycles. The average Bonchev–Trinajstić information content (AvgIpc) is 2.26. The minimum atomic E-state index is 0.307. The molecule has 15 heavy (non-hydrogen) atoms. The van der Waals surface area contributed by atoms with Crippen LogP contribution in [0.2, 0.25) is 0 Å². The van der Waals surface area contributed by atoms with E-state index in [1.165, 1.54) is 5.56 Å². The summed E-state index contributed by atoms with van der Waals surface area (Å²) >= 11 is 0. The number of phenols is 1. The van der Waals surface area contributed by atoms with Gasteiger partial charge in [0.15, 0.2) is 0 Å². The lowest BCUT2D eigenvalue weighted by Gasteiger charge is -2.06. The van der Waals surface area contributed by atoms with E-state index < -0.39 is 0 Å². The molecule has 2 aromatic rings. The Balaban J connectivity index is 2.29. The van der Waals surface area contributed by atoms with Gasteiger partial charge in [-0.1, -0.05) is 48.5 Å². The molecule has 0 bridgehead atoms. The Bertz CT molecular complexity index is 446. The van der Waals surface area contributed by atoms with Gasteiger partial charge in [0.25, 0.3) is 0 Å². The number of aromatic hydroxyl groups is 1. The number of para-hydroxylation sites is 1. The molecule has 0 saturated heterocycles. The van der Waals surface area contributed by atoms with Crippen LogP contribution in [0.1, 0.15) is 16.7 Å². The molecule has 0 saturated carbocycles. The predicted molar refractivity (Wildman–Crippen MR) is 61.8 cm³/mol. The molecular weight excluding hydrogens is 184 g/mol. The van der Waals surface area contributed by atoms with E-state index in [1.54, 1.807) is 0 Å². The van der Waals surface area contributed by atoms with Gasteiger partial charge in [0, 0.05) is 6.42 Å². The number of phenolic OH excluding ortho intramolecular Hbond substituents is 1. The molecule has 75 valence electrons. The molecule has 1 N–H and O–H groups in total. The molecular formula is C14H13O. The second-order valence-corrected chi connectivity index (χ2v) is 3.59. The van der Waals surface area contributed by atoms with Crippen LogP contribution >= 0.6 is 0 Å². The Labute approximate surface area is 90.0 Å². The molecule has 0 aromatic heterocycles. The third-order valence-corrected chi connectivity index (χ3v) is 2.44. The van der Waals surface area contributed by atoms with Crippen molar-refractivity contribution < 1.29 is 5.11 Å². The summed E-state index contributed by atoms with van der Waals surface area (Å²) in [5, 5.41) is 9.80. The first-order valence-corrected chi connectivity index (χ1v) is 4.94. The van der Waals surface area contributed by atoms with E-state index in [0.717, 1.165) is 12.0 Å². The van der Waals surface area contributed by atoms with E-state index in [9.17, 15) is 5.11 Å². The number of rotatable bonds is 2. The summed E-state index contributed by atoms with van der Waals surface area (Å²) in [6.45, 7) is 3.77. The van der Waals surface area contributed by atoms with Crippen molar-refractivity contribution in [3.05, 3.63) is 72.1 Å². The van der Waals surface area contributed by atoms with Crippen LogP contribution in [0.3, 0.4) is 0 Å². The topological polar surface area (TPSA) is 20.2 Å². The van der Waals surface area contributed by atoms with E-state index >= 15 is 0 Å². The van der Waals surface area contributed by atoms with Crippen LogP contribution in [0.5, 0.6) is 5.75 Å². The monoisotopic (exact) mass is 197 g/mol. The van der Waals surface area contributed by atoms with Crippen molar-refractivity contribution in [3.8, 4) is 5.75 Å². The van der Waals surface area contributed by atoms with Gasteiger partial charge >= 0.3 is 0 Å². The van der Waals surface area contributed by atoms with Gasteiger partial charge in [0.05, 0.1) is 0 Å². The standard InChI is InChI=1S/C14H13O/c1-11-6-5-9-13(14(11)15)10-12-7-3-2-4-8-12/h2-9,15H,1,10H2. The van der Waals surface area contributed by atoms with E-state index in [1.807, 2.05) is 36.4 Å². The number of hydrogen-bond acceptors (Lipinski definition) is 1. The highest BCUT2D eigenvalue weighted by Gasteiger charge is 2.03. The second-order valence-electron chi connectivity index (χ2n) is 3.59. The van der Waals surface area contributed by atoms with Crippen LogP contribution in [0, 0.1) is 6.92 Å². The zero-order valence-corrected chi connectivity index (χ0v) is 8.48. The lowest BCUT2D eigenvalue weighted by atomic mass is 10.0. The fraction of sp³-hybridized carbons (Fsp3) is 0.0714. The average molecular weight is 197 g/mol. The maximum absolute atomic E-state index is 9.80. The van der Waals surface area contributed by atoms with E-state index in [0.29, 0.717) is 11.3 Å². The zero-order valence-electron chi connectivity index (χ0n) is 8.48. The van der Waals surface area contributed by atoms with Gasteiger partial charge in [0.1, 0.15) is 5.75 Å². The number of benzene rings is 2. The highest BCUT2D eigenvalue weighted by Crippen LogP contribution is 2.23. The summed E-state index contributed by atoms with van der Waals surface area (Å²) < 4.78 is 0. The third-order valence-electron chi connectivity index (χ3n) is 2.44. The van der Waals surface area contributed by atoms with Gasteiger partial charge in [-0.2, -0.15) is 0 Å². The van der Waals surface area contributed by atoms with Crippen LogP contribution in [0.15, 0.2) is 48.5 Å². The first kappa shape index (κ1) is 9.78. The summed E-state index contributed by atoms with van der Waals surface area (Å²) in [4.78, 5) is 0. The first-order chi connectivity index (χ1) is 7.27. The van der Waals surface area contributed by atoms with Gasteiger partial charge < -0.3 is 5.11 Å². The van der Waals surface area contributed by atoms with Gasteiger partial charge in [-0.3, -0.25) is 0 Å². The molecule has 1 heteroatoms. The summed E-state index contributed by atoms with van der Waals surface area (Å²) in [6.07, 6.45) is 0.746. The molecule has 0 spiro atoms. The fourth-order valence-electron chi connectivity index (χ4n) is 1.60. The third kappa shape index (κ3) is 2.18. The maximum Gasteiger partial charge on any atom is 0.122 e.